The fraction of sp³-hybridized carbons (Fsp3) is 0.273. The van der Waals surface area contributed by atoms with Gasteiger partial charge in [0, 0.05) is 9.35 Å². The van der Waals surface area contributed by atoms with Crippen molar-refractivity contribution in [2.45, 2.75) is 20.4 Å². The lowest BCUT2D eigenvalue weighted by molar-refractivity contribution is 0.101. The van der Waals surface area contributed by atoms with E-state index >= 15 is 0 Å². The summed E-state index contributed by atoms with van der Waals surface area (Å²) in [5, 5.41) is 6.16. The van der Waals surface area contributed by atoms with Crippen LogP contribution in [0, 0.1) is 6.92 Å². The molecule has 0 aliphatic heterocycles. The molecule has 0 aliphatic carbocycles. The third-order valence-corrected chi connectivity index (χ3v) is 5.14. The number of aryl methyl sites for hydroxylation is 1. The molecule has 0 aromatic carbocycles. The Morgan fingerprint density at radius 3 is 2.94 bits per heavy atom. The van der Waals surface area contributed by atoms with E-state index in [9.17, 15) is 4.79 Å². The van der Waals surface area contributed by atoms with Crippen LogP contribution in [0.15, 0.2) is 15.9 Å². The lowest BCUT2D eigenvalue weighted by Gasteiger charge is -2.04. The van der Waals surface area contributed by atoms with E-state index in [4.69, 9.17) is 0 Å². The summed E-state index contributed by atoms with van der Waals surface area (Å²) in [5.41, 5.74) is 1.51. The molecule has 17 heavy (non-hydrogen) atoms. The second-order valence-electron chi connectivity index (χ2n) is 3.57. The first-order valence-electron chi connectivity index (χ1n) is 5.02. The Labute approximate surface area is 116 Å². The van der Waals surface area contributed by atoms with Gasteiger partial charge in [0.2, 0.25) is 0 Å². The van der Waals surface area contributed by atoms with Gasteiger partial charge in [0.05, 0.1) is 17.8 Å². The molecule has 6 heteroatoms. The SMILES string of the molecule is CC(=O)c1c(C)nsc1NCc1sccc1Br. The molecule has 0 radical (unpaired) electrons. The number of carbonyl (C=O) groups is 1. The second-order valence-corrected chi connectivity index (χ2v) is 6.20. The highest BCUT2D eigenvalue weighted by Gasteiger charge is 2.14. The van der Waals surface area contributed by atoms with E-state index in [1.807, 2.05) is 18.4 Å². The van der Waals surface area contributed by atoms with Gasteiger partial charge >= 0.3 is 0 Å². The maximum Gasteiger partial charge on any atom is 0.164 e. The first-order valence-corrected chi connectivity index (χ1v) is 7.47. The fourth-order valence-corrected chi connectivity index (χ4v) is 3.79. The van der Waals surface area contributed by atoms with Crippen molar-refractivity contribution in [1.29, 1.82) is 0 Å². The number of nitrogens with one attached hydrogen (secondary N) is 1. The number of Topliss-reactive ketones (excluding diaryl/α,β-unsaturated/α-hetero) is 1. The van der Waals surface area contributed by atoms with Crippen LogP contribution in [-0.4, -0.2) is 10.2 Å². The first kappa shape index (κ1) is 12.7. The number of thiophene rings is 1. The average molecular weight is 331 g/mol. The van der Waals surface area contributed by atoms with Gasteiger partial charge in [-0.25, -0.2) is 0 Å². The molecule has 2 rings (SSSR count). The van der Waals surface area contributed by atoms with Crippen LogP contribution in [0.5, 0.6) is 0 Å². The minimum atomic E-state index is 0.0593. The van der Waals surface area contributed by atoms with Gasteiger partial charge in [0.25, 0.3) is 0 Å². The van der Waals surface area contributed by atoms with Crippen molar-refractivity contribution in [3.63, 3.8) is 0 Å². The van der Waals surface area contributed by atoms with Gasteiger partial charge in [-0.15, -0.1) is 11.3 Å². The summed E-state index contributed by atoms with van der Waals surface area (Å²) < 4.78 is 5.31. The molecule has 0 atom stereocenters. The van der Waals surface area contributed by atoms with Crippen LogP contribution in [0.1, 0.15) is 27.9 Å². The van der Waals surface area contributed by atoms with E-state index in [1.54, 1.807) is 18.3 Å². The van der Waals surface area contributed by atoms with Gasteiger partial charge in [-0.3, -0.25) is 4.79 Å². The maximum absolute atomic E-state index is 11.5. The lowest BCUT2D eigenvalue weighted by Crippen LogP contribution is -2.02. The monoisotopic (exact) mass is 330 g/mol. The van der Waals surface area contributed by atoms with Crippen molar-refractivity contribution in [2.75, 3.05) is 5.32 Å². The summed E-state index contributed by atoms with van der Waals surface area (Å²) in [5.74, 6) is 0.0593. The summed E-state index contributed by atoms with van der Waals surface area (Å²) in [4.78, 5) is 12.7. The predicted octanol–water partition coefficient (Wildman–Crippen LogP) is 4.09. The number of anilines is 1. The molecule has 0 fully saturated rings. The maximum atomic E-state index is 11.5. The molecule has 1 N–H and O–H groups in total. The number of hydrogen-bond donors (Lipinski definition) is 1. The topological polar surface area (TPSA) is 42.0 Å². The first-order chi connectivity index (χ1) is 8.09. The molecule has 0 spiro atoms. The van der Waals surface area contributed by atoms with Gasteiger partial charge in [0.15, 0.2) is 5.78 Å². The Morgan fingerprint density at radius 1 is 1.59 bits per heavy atom. The van der Waals surface area contributed by atoms with Crippen LogP contribution in [0.4, 0.5) is 5.00 Å². The third-order valence-electron chi connectivity index (χ3n) is 2.32. The fourth-order valence-electron chi connectivity index (χ4n) is 1.52. The molecular weight excluding hydrogens is 320 g/mol. The minimum absolute atomic E-state index is 0.0593. The molecule has 90 valence electrons. The van der Waals surface area contributed by atoms with E-state index in [-0.39, 0.29) is 5.78 Å². The molecule has 2 heterocycles. The van der Waals surface area contributed by atoms with Gasteiger partial charge in [-0.05, 0) is 52.8 Å². The van der Waals surface area contributed by atoms with E-state index in [0.29, 0.717) is 12.1 Å². The zero-order valence-electron chi connectivity index (χ0n) is 9.41. The Hall–Kier alpha value is -0.720. The van der Waals surface area contributed by atoms with Crippen LogP contribution in [0.25, 0.3) is 0 Å². The van der Waals surface area contributed by atoms with Crippen LogP contribution in [0.3, 0.4) is 0 Å². The van der Waals surface area contributed by atoms with Crippen LogP contribution >= 0.6 is 38.8 Å². The van der Waals surface area contributed by atoms with E-state index in [2.05, 4.69) is 25.6 Å². The van der Waals surface area contributed by atoms with Crippen molar-refractivity contribution in [3.05, 3.63) is 32.1 Å². The lowest BCUT2D eigenvalue weighted by atomic mass is 10.2. The largest absolute Gasteiger partial charge is 0.370 e. The third kappa shape index (κ3) is 2.75. The summed E-state index contributed by atoms with van der Waals surface area (Å²) >= 11 is 6.50. The molecule has 0 saturated carbocycles. The van der Waals surface area contributed by atoms with Crippen LogP contribution in [-0.2, 0) is 6.54 Å². The summed E-state index contributed by atoms with van der Waals surface area (Å²) in [7, 11) is 0. The molecule has 0 bridgehead atoms. The zero-order valence-corrected chi connectivity index (χ0v) is 12.6. The molecule has 2 aromatic heterocycles. The Balaban J connectivity index is 2.15. The number of hydrogen-bond acceptors (Lipinski definition) is 5. The Bertz CT molecular complexity index is 547. The van der Waals surface area contributed by atoms with Crippen molar-refractivity contribution in [2.24, 2.45) is 0 Å². The highest BCUT2D eigenvalue weighted by atomic mass is 79.9. The van der Waals surface area contributed by atoms with E-state index < -0.39 is 0 Å². The van der Waals surface area contributed by atoms with Crippen molar-refractivity contribution < 1.29 is 4.79 Å². The average Bonchev–Trinajstić information content (AvgIpc) is 2.82. The summed E-state index contributed by atoms with van der Waals surface area (Å²) in [6, 6.07) is 2.02. The Kier molecular flexibility index (Phi) is 3.96. The van der Waals surface area contributed by atoms with Crippen molar-refractivity contribution >= 4 is 49.6 Å². The summed E-state index contributed by atoms with van der Waals surface area (Å²) in [6.45, 7) is 4.14. The quantitative estimate of drug-likeness (QED) is 0.858. The number of nitrogens with zero attached hydrogens (tertiary/aromatic N) is 1. The van der Waals surface area contributed by atoms with Crippen LogP contribution < -0.4 is 5.32 Å². The van der Waals surface area contributed by atoms with Crippen molar-refractivity contribution in [3.8, 4) is 0 Å². The van der Waals surface area contributed by atoms with Gasteiger partial charge in [-0.1, -0.05) is 0 Å². The molecule has 3 nitrogen and oxygen atoms in total. The van der Waals surface area contributed by atoms with Crippen LogP contribution in [0.2, 0.25) is 0 Å². The smallest absolute Gasteiger partial charge is 0.164 e. The van der Waals surface area contributed by atoms with Gasteiger partial charge < -0.3 is 5.32 Å². The molecular formula is C11H11BrN2OS2. The van der Waals surface area contributed by atoms with Gasteiger partial charge in [0.1, 0.15) is 5.00 Å². The number of ketones is 1. The number of aromatic nitrogens is 1. The normalized spacial score (nSPS) is 10.5. The predicted molar refractivity (Wildman–Crippen MR) is 76.2 cm³/mol. The highest BCUT2D eigenvalue weighted by Crippen LogP contribution is 2.28. The molecule has 2 aromatic rings. The van der Waals surface area contributed by atoms with E-state index in [1.165, 1.54) is 16.4 Å². The van der Waals surface area contributed by atoms with E-state index in [0.717, 1.165) is 15.2 Å². The van der Waals surface area contributed by atoms with Crippen molar-refractivity contribution in [1.82, 2.24) is 4.37 Å². The standard InChI is InChI=1S/C11H11BrN2OS2/c1-6-10(7(2)15)11(17-14-6)13-5-9-8(12)3-4-16-9/h3-4,13H,5H2,1-2H3. The number of rotatable bonds is 4. The molecule has 0 amide bonds. The molecule has 0 aliphatic rings. The second kappa shape index (κ2) is 5.29. The Morgan fingerprint density at radius 2 is 2.35 bits per heavy atom. The highest BCUT2D eigenvalue weighted by molar-refractivity contribution is 9.10. The molecule has 0 saturated heterocycles. The van der Waals surface area contributed by atoms with Gasteiger partial charge in [-0.2, -0.15) is 4.37 Å². The summed E-state index contributed by atoms with van der Waals surface area (Å²) in [6.07, 6.45) is 0. The zero-order chi connectivity index (χ0) is 12.4. The minimum Gasteiger partial charge on any atom is -0.370 e. The number of carbonyl (C=O) groups excluding carboxylic acids is 1. The molecule has 0 unspecified atom stereocenters. The number of halogens is 1.